The summed E-state index contributed by atoms with van der Waals surface area (Å²) in [5.41, 5.74) is -1.10. The van der Waals surface area contributed by atoms with Crippen molar-refractivity contribution >= 4 is 23.5 Å². The van der Waals surface area contributed by atoms with Crippen molar-refractivity contribution in [3.8, 4) is 24.7 Å². The number of Topliss-reactive ketones (excluding diaryl/α,β-unsaturated/α-hetero) is 2. The van der Waals surface area contributed by atoms with Crippen LogP contribution in [0, 0.1) is 24.7 Å². The topological polar surface area (TPSA) is 193 Å². The number of ether oxygens (including phenoxy) is 2. The summed E-state index contributed by atoms with van der Waals surface area (Å²) in [4.78, 5) is 92.7. The molecule has 0 fully saturated rings. The summed E-state index contributed by atoms with van der Waals surface area (Å²) in [5.74, 6) is 2.28. The molecule has 5 aromatic rings. The van der Waals surface area contributed by atoms with Gasteiger partial charge in [0.2, 0.25) is 0 Å². The Hall–Kier alpha value is -7.65. The Kier molecular flexibility index (Phi) is 14.6. The Balaban J connectivity index is 1.26. The highest BCUT2D eigenvalue weighted by molar-refractivity contribution is 6.08. The number of carbonyl (C=O) groups is 4. The van der Waals surface area contributed by atoms with Crippen molar-refractivity contribution in [1.82, 2.24) is 13.7 Å². The zero-order valence-electron chi connectivity index (χ0n) is 32.2. The lowest BCUT2D eigenvalue weighted by Gasteiger charge is -2.18. The van der Waals surface area contributed by atoms with Gasteiger partial charge in [-0.3, -0.25) is 9.59 Å². The molecule has 4 aromatic carbocycles. The van der Waals surface area contributed by atoms with Crippen LogP contribution in [0.1, 0.15) is 63.7 Å². The van der Waals surface area contributed by atoms with E-state index >= 15 is 0 Å². The summed E-state index contributed by atoms with van der Waals surface area (Å²) in [6.45, 7) is 0.214. The number of aliphatic hydroxyl groups excluding tert-OH is 2. The van der Waals surface area contributed by atoms with Gasteiger partial charge in [0.15, 0.2) is 11.6 Å². The molecule has 0 amide bonds. The average molecular weight is 810 g/mol. The van der Waals surface area contributed by atoms with Crippen molar-refractivity contribution in [2.75, 3.05) is 13.2 Å². The highest BCUT2D eigenvalue weighted by atomic mass is 16.5. The van der Waals surface area contributed by atoms with E-state index < -0.39 is 79.1 Å². The molecule has 0 bridgehead atoms. The number of allylic oxidation sites excluding steroid dienone is 1. The number of benzene rings is 4. The van der Waals surface area contributed by atoms with Gasteiger partial charge in [-0.25, -0.2) is 37.7 Å². The third-order valence-corrected chi connectivity index (χ3v) is 9.11. The number of terminal acetylenes is 2. The number of carbonyl (C=O) groups excluding carboxylic acids is 4. The first-order chi connectivity index (χ1) is 28.8. The maximum absolute atomic E-state index is 13.5. The quantitative estimate of drug-likeness (QED) is 0.0572. The second-order valence-corrected chi connectivity index (χ2v) is 13.5. The first-order valence-electron chi connectivity index (χ1n) is 18.5. The van der Waals surface area contributed by atoms with E-state index in [0.29, 0.717) is 36.0 Å². The summed E-state index contributed by atoms with van der Waals surface area (Å²) >= 11 is 0. The van der Waals surface area contributed by atoms with Gasteiger partial charge in [-0.15, -0.1) is 19.4 Å². The fourth-order valence-electron chi connectivity index (χ4n) is 6.22. The Morgan fingerprint density at radius 1 is 0.600 bits per heavy atom. The molecule has 0 saturated carbocycles. The zero-order valence-corrected chi connectivity index (χ0v) is 32.2. The van der Waals surface area contributed by atoms with Crippen molar-refractivity contribution < 1.29 is 38.9 Å². The number of hydrogen-bond donors (Lipinski definition) is 2. The second-order valence-electron chi connectivity index (χ2n) is 13.5. The van der Waals surface area contributed by atoms with E-state index in [1.54, 1.807) is 60.7 Å². The molecular formula is C46H39N3O11. The Bertz CT molecular complexity index is 2550. The minimum atomic E-state index is -1.66. The van der Waals surface area contributed by atoms with Crippen molar-refractivity contribution in [3.63, 3.8) is 0 Å². The van der Waals surface area contributed by atoms with Crippen LogP contribution in [0.5, 0.6) is 0 Å². The van der Waals surface area contributed by atoms with Crippen molar-refractivity contribution in [2.24, 2.45) is 0 Å². The SMILES string of the molecule is C#Cc1cccc(CC(=O)c2ccccc2C(=O)OCC(O)Cn2c(=O)n(CC=C)c(=O)n(CC(O)COC(=O)c3ccccc3C(=O)Cc3cccc(C#C)c3)c2=O)c1. The summed E-state index contributed by atoms with van der Waals surface area (Å²) in [6.07, 6.45) is 8.70. The summed E-state index contributed by atoms with van der Waals surface area (Å²) in [6, 6.07) is 25.5. The maximum Gasteiger partial charge on any atom is 0.338 e. The fourth-order valence-corrected chi connectivity index (χ4v) is 6.22. The molecule has 1 aromatic heterocycles. The second kappa shape index (κ2) is 20.2. The molecule has 0 aliphatic heterocycles. The van der Waals surface area contributed by atoms with Gasteiger partial charge in [0.05, 0.1) is 30.8 Å². The zero-order chi connectivity index (χ0) is 43.3. The van der Waals surface area contributed by atoms with Crippen LogP contribution < -0.4 is 17.1 Å². The number of nitrogens with zero attached hydrogens (tertiary/aromatic N) is 3. The average Bonchev–Trinajstić information content (AvgIpc) is 3.26. The Morgan fingerprint density at radius 3 is 1.37 bits per heavy atom. The number of aliphatic hydroxyl groups is 2. The maximum atomic E-state index is 13.5. The van der Waals surface area contributed by atoms with Crippen LogP contribution in [-0.4, -0.2) is 72.8 Å². The van der Waals surface area contributed by atoms with Crippen LogP contribution in [0.15, 0.2) is 124 Å². The normalized spacial score (nSPS) is 11.7. The molecule has 14 heteroatoms. The van der Waals surface area contributed by atoms with Gasteiger partial charge < -0.3 is 19.7 Å². The number of aromatic nitrogens is 3. The molecule has 304 valence electrons. The van der Waals surface area contributed by atoms with Gasteiger partial charge in [0.1, 0.15) is 25.4 Å². The van der Waals surface area contributed by atoms with Crippen LogP contribution in [0.25, 0.3) is 0 Å². The van der Waals surface area contributed by atoms with E-state index in [4.69, 9.17) is 22.3 Å². The first-order valence-corrected chi connectivity index (χ1v) is 18.5. The Morgan fingerprint density at radius 2 is 0.983 bits per heavy atom. The van der Waals surface area contributed by atoms with Crippen LogP contribution >= 0.6 is 0 Å². The first kappa shape index (κ1) is 43.5. The Labute approximate surface area is 343 Å². The molecule has 1 heterocycles. The molecule has 0 aliphatic rings. The van der Waals surface area contributed by atoms with Gasteiger partial charge in [0, 0.05) is 35.1 Å². The van der Waals surface area contributed by atoms with E-state index in [9.17, 15) is 43.8 Å². The molecular weight excluding hydrogens is 771 g/mol. The molecule has 14 nitrogen and oxygen atoms in total. The molecule has 0 saturated heterocycles. The minimum Gasteiger partial charge on any atom is -0.459 e. The molecule has 0 aliphatic carbocycles. The van der Waals surface area contributed by atoms with Gasteiger partial charge >= 0.3 is 29.0 Å². The smallest absolute Gasteiger partial charge is 0.338 e. The number of esters is 2. The van der Waals surface area contributed by atoms with E-state index in [0.717, 1.165) is 0 Å². The lowest BCUT2D eigenvalue weighted by atomic mass is 9.97. The van der Waals surface area contributed by atoms with Gasteiger partial charge in [-0.2, -0.15) is 0 Å². The number of ketones is 2. The largest absolute Gasteiger partial charge is 0.459 e. The van der Waals surface area contributed by atoms with E-state index in [-0.39, 0.29) is 41.6 Å². The molecule has 0 radical (unpaired) electrons. The van der Waals surface area contributed by atoms with Crippen molar-refractivity contribution in [1.29, 1.82) is 0 Å². The molecule has 0 spiro atoms. The third kappa shape index (κ3) is 10.6. The van der Waals surface area contributed by atoms with Crippen molar-refractivity contribution in [2.45, 2.75) is 44.7 Å². The predicted molar refractivity (Wildman–Crippen MR) is 220 cm³/mol. The molecule has 2 unspecified atom stereocenters. The van der Waals surface area contributed by atoms with E-state index in [1.807, 2.05) is 0 Å². The number of rotatable bonds is 18. The predicted octanol–water partition coefficient (Wildman–Crippen LogP) is 2.61. The number of hydrogen-bond acceptors (Lipinski definition) is 11. The molecule has 5 rings (SSSR count). The monoisotopic (exact) mass is 809 g/mol. The third-order valence-electron chi connectivity index (χ3n) is 9.11. The molecule has 2 N–H and O–H groups in total. The van der Waals surface area contributed by atoms with Gasteiger partial charge in [-0.1, -0.05) is 78.6 Å². The lowest BCUT2D eigenvalue weighted by Crippen LogP contribution is -2.56. The standard InChI is InChI=1S/C46H39N3O11/c1-4-21-47-44(56)48(26-34(50)28-59-42(54)38-19-9-7-17-36(38)40(52)24-32-15-11-13-30(5-2)22-32)46(58)49(45(47)57)27-35(51)29-60-43(55)39-20-10-8-18-37(39)41(53)25-33-16-12-14-31(6-3)23-33/h2-4,7-20,22-23,34-35,50-51H,1,21,24-29H2. The summed E-state index contributed by atoms with van der Waals surface area (Å²) in [7, 11) is 0. The van der Waals surface area contributed by atoms with Gasteiger partial charge in [-0.05, 0) is 47.5 Å². The highest BCUT2D eigenvalue weighted by Crippen LogP contribution is 2.17. The van der Waals surface area contributed by atoms with Crippen LogP contribution in [-0.2, 0) is 41.9 Å². The van der Waals surface area contributed by atoms with Crippen molar-refractivity contribution in [3.05, 3.63) is 186 Å². The lowest BCUT2D eigenvalue weighted by molar-refractivity contribution is 0.0187. The molecule has 2 atom stereocenters. The van der Waals surface area contributed by atoms with E-state index in [1.165, 1.54) is 42.5 Å². The van der Waals surface area contributed by atoms with Crippen LogP contribution in [0.2, 0.25) is 0 Å². The van der Waals surface area contributed by atoms with E-state index in [2.05, 4.69) is 18.4 Å². The highest BCUT2D eigenvalue weighted by Gasteiger charge is 2.24. The minimum absolute atomic E-state index is 0.0587. The molecule has 60 heavy (non-hydrogen) atoms. The summed E-state index contributed by atoms with van der Waals surface area (Å²) < 4.78 is 12.2. The van der Waals surface area contributed by atoms with Crippen LogP contribution in [0.4, 0.5) is 0 Å². The summed E-state index contributed by atoms with van der Waals surface area (Å²) in [5, 5.41) is 21.7. The van der Waals surface area contributed by atoms with Crippen LogP contribution in [0.3, 0.4) is 0 Å². The van der Waals surface area contributed by atoms with Gasteiger partial charge in [0.25, 0.3) is 0 Å². The fraction of sp³-hybridized carbons (Fsp3) is 0.196.